The normalized spacial score (nSPS) is 10.6. The first-order chi connectivity index (χ1) is 12.7. The summed E-state index contributed by atoms with van der Waals surface area (Å²) in [6.45, 7) is 6.86. The number of likely N-dealkylation sites (N-methyl/N-ethyl adjacent to an activating group) is 1. The van der Waals surface area contributed by atoms with Crippen LogP contribution in [0.1, 0.15) is 34.2 Å². The number of amides is 1. The smallest absolute Gasteiger partial charge is 0.340 e. The van der Waals surface area contributed by atoms with Gasteiger partial charge in [0.15, 0.2) is 6.61 Å². The molecule has 1 amide bonds. The standard InChI is InChI=1S/C21H29N3O3/c1-7-24-15(2)12-19(16(24)3)21(26)27-14-20(25)23(6)13-17-8-10-18(11-9-17)22(4)5/h8-12H,7,13-14H2,1-6H3. The lowest BCUT2D eigenvalue weighted by molar-refractivity contribution is -0.133. The molecule has 0 spiro atoms. The summed E-state index contributed by atoms with van der Waals surface area (Å²) in [4.78, 5) is 28.2. The van der Waals surface area contributed by atoms with Crippen LogP contribution in [-0.4, -0.2) is 49.1 Å². The predicted molar refractivity (Wildman–Crippen MR) is 107 cm³/mol. The molecule has 0 N–H and O–H groups in total. The summed E-state index contributed by atoms with van der Waals surface area (Å²) in [6, 6.07) is 9.81. The van der Waals surface area contributed by atoms with Crippen LogP contribution in [0, 0.1) is 13.8 Å². The van der Waals surface area contributed by atoms with Crippen molar-refractivity contribution in [2.24, 2.45) is 0 Å². The SMILES string of the molecule is CCn1c(C)cc(C(=O)OCC(=O)N(C)Cc2ccc(N(C)C)cc2)c1C. The molecule has 0 saturated carbocycles. The van der Waals surface area contributed by atoms with E-state index in [9.17, 15) is 9.59 Å². The Labute approximate surface area is 161 Å². The van der Waals surface area contributed by atoms with Crippen LogP contribution >= 0.6 is 0 Å². The van der Waals surface area contributed by atoms with Crippen molar-refractivity contribution >= 4 is 17.6 Å². The van der Waals surface area contributed by atoms with Gasteiger partial charge in [-0.05, 0) is 44.5 Å². The zero-order valence-corrected chi connectivity index (χ0v) is 17.1. The summed E-state index contributed by atoms with van der Waals surface area (Å²) in [7, 11) is 5.67. The van der Waals surface area contributed by atoms with Gasteiger partial charge < -0.3 is 19.1 Å². The van der Waals surface area contributed by atoms with Crippen LogP contribution in [-0.2, 0) is 22.6 Å². The van der Waals surface area contributed by atoms with Gasteiger partial charge in [0.05, 0.1) is 5.56 Å². The number of hydrogen-bond acceptors (Lipinski definition) is 4. The summed E-state index contributed by atoms with van der Waals surface area (Å²) in [5.74, 6) is -0.691. The minimum Gasteiger partial charge on any atom is -0.452 e. The number of carbonyl (C=O) groups excluding carboxylic acids is 2. The molecule has 2 rings (SSSR count). The first kappa shape index (κ1) is 20.6. The van der Waals surface area contributed by atoms with Gasteiger partial charge >= 0.3 is 5.97 Å². The summed E-state index contributed by atoms with van der Waals surface area (Å²) in [5.41, 5.74) is 4.51. The molecule has 0 aliphatic rings. The lowest BCUT2D eigenvalue weighted by Gasteiger charge is -2.18. The van der Waals surface area contributed by atoms with Gasteiger partial charge in [0.2, 0.25) is 0 Å². The van der Waals surface area contributed by atoms with E-state index in [0.29, 0.717) is 12.1 Å². The van der Waals surface area contributed by atoms with E-state index in [4.69, 9.17) is 4.74 Å². The number of esters is 1. The molecule has 0 fully saturated rings. The van der Waals surface area contributed by atoms with Gasteiger partial charge in [-0.1, -0.05) is 12.1 Å². The lowest BCUT2D eigenvalue weighted by Crippen LogP contribution is -2.30. The Morgan fingerprint density at radius 1 is 1.07 bits per heavy atom. The first-order valence-corrected chi connectivity index (χ1v) is 9.08. The number of anilines is 1. The molecule has 1 aromatic heterocycles. The van der Waals surface area contributed by atoms with Crippen molar-refractivity contribution in [2.45, 2.75) is 33.9 Å². The van der Waals surface area contributed by atoms with Crippen molar-refractivity contribution in [1.82, 2.24) is 9.47 Å². The predicted octanol–water partition coefficient (Wildman–Crippen LogP) is 3.01. The maximum Gasteiger partial charge on any atom is 0.340 e. The molecule has 0 unspecified atom stereocenters. The van der Waals surface area contributed by atoms with Gasteiger partial charge in [-0.3, -0.25) is 4.79 Å². The van der Waals surface area contributed by atoms with Crippen LogP contribution in [0.25, 0.3) is 0 Å². The molecule has 0 bridgehead atoms. The fourth-order valence-corrected chi connectivity index (χ4v) is 3.07. The third-order valence-electron chi connectivity index (χ3n) is 4.73. The van der Waals surface area contributed by atoms with Gasteiger partial charge in [-0.15, -0.1) is 0 Å². The van der Waals surface area contributed by atoms with Crippen LogP contribution in [0.3, 0.4) is 0 Å². The Morgan fingerprint density at radius 3 is 2.22 bits per heavy atom. The quantitative estimate of drug-likeness (QED) is 0.702. The fourth-order valence-electron chi connectivity index (χ4n) is 3.07. The molecule has 0 aliphatic heterocycles. The summed E-state index contributed by atoms with van der Waals surface area (Å²) >= 11 is 0. The van der Waals surface area contributed by atoms with Crippen LogP contribution in [0.2, 0.25) is 0 Å². The number of benzene rings is 1. The van der Waals surface area contributed by atoms with Gasteiger partial charge in [-0.25, -0.2) is 4.79 Å². The van der Waals surface area contributed by atoms with Crippen molar-refractivity contribution in [1.29, 1.82) is 0 Å². The monoisotopic (exact) mass is 371 g/mol. The summed E-state index contributed by atoms with van der Waals surface area (Å²) in [5, 5.41) is 0. The highest BCUT2D eigenvalue weighted by Gasteiger charge is 2.18. The number of rotatable bonds is 7. The third-order valence-corrected chi connectivity index (χ3v) is 4.73. The number of hydrogen-bond donors (Lipinski definition) is 0. The highest BCUT2D eigenvalue weighted by atomic mass is 16.5. The summed E-state index contributed by atoms with van der Waals surface area (Å²) < 4.78 is 7.29. The Kier molecular flexibility index (Phi) is 6.66. The Bertz CT molecular complexity index is 807. The molecule has 0 aliphatic carbocycles. The van der Waals surface area contributed by atoms with E-state index in [1.165, 1.54) is 0 Å². The highest BCUT2D eigenvalue weighted by molar-refractivity contribution is 5.92. The average Bonchev–Trinajstić information content (AvgIpc) is 2.93. The van der Waals surface area contributed by atoms with Crippen LogP contribution in [0.15, 0.2) is 30.3 Å². The zero-order chi connectivity index (χ0) is 20.1. The van der Waals surface area contributed by atoms with Crippen molar-refractivity contribution < 1.29 is 14.3 Å². The molecule has 1 heterocycles. The molecule has 0 saturated heterocycles. The molecular weight excluding hydrogens is 342 g/mol. The van der Waals surface area contributed by atoms with E-state index >= 15 is 0 Å². The highest BCUT2D eigenvalue weighted by Crippen LogP contribution is 2.16. The van der Waals surface area contributed by atoms with Gasteiger partial charge in [0.1, 0.15) is 0 Å². The number of aryl methyl sites for hydroxylation is 1. The van der Waals surface area contributed by atoms with E-state index in [1.54, 1.807) is 11.9 Å². The molecule has 146 valence electrons. The Morgan fingerprint density at radius 2 is 1.70 bits per heavy atom. The lowest BCUT2D eigenvalue weighted by atomic mass is 10.2. The van der Waals surface area contributed by atoms with E-state index in [2.05, 4.69) is 0 Å². The second-order valence-electron chi connectivity index (χ2n) is 6.92. The fraction of sp³-hybridized carbons (Fsp3) is 0.429. The van der Waals surface area contributed by atoms with Crippen LogP contribution in [0.5, 0.6) is 0 Å². The van der Waals surface area contributed by atoms with Gasteiger partial charge in [0.25, 0.3) is 5.91 Å². The molecule has 0 atom stereocenters. The molecule has 2 aromatic rings. The number of aromatic nitrogens is 1. The third kappa shape index (κ3) is 4.90. The van der Waals surface area contributed by atoms with Gasteiger partial charge in [-0.2, -0.15) is 0 Å². The van der Waals surface area contributed by atoms with Crippen LogP contribution in [0.4, 0.5) is 5.69 Å². The average molecular weight is 371 g/mol. The van der Waals surface area contributed by atoms with E-state index in [1.807, 2.05) is 74.7 Å². The molecule has 1 aromatic carbocycles. The number of ether oxygens (including phenoxy) is 1. The maximum atomic E-state index is 12.3. The van der Waals surface area contributed by atoms with E-state index in [-0.39, 0.29) is 12.5 Å². The van der Waals surface area contributed by atoms with E-state index in [0.717, 1.165) is 29.2 Å². The largest absolute Gasteiger partial charge is 0.452 e. The van der Waals surface area contributed by atoms with Crippen molar-refractivity contribution in [3.8, 4) is 0 Å². The first-order valence-electron chi connectivity index (χ1n) is 9.08. The van der Waals surface area contributed by atoms with E-state index < -0.39 is 5.97 Å². The number of carbonyl (C=O) groups is 2. The molecule has 6 heteroatoms. The van der Waals surface area contributed by atoms with Crippen molar-refractivity contribution in [3.05, 3.63) is 52.8 Å². The second kappa shape index (κ2) is 8.75. The maximum absolute atomic E-state index is 12.3. The van der Waals surface area contributed by atoms with Crippen molar-refractivity contribution in [3.63, 3.8) is 0 Å². The molecular formula is C21H29N3O3. The van der Waals surface area contributed by atoms with Gasteiger partial charge in [0, 0.05) is 51.3 Å². The van der Waals surface area contributed by atoms with Crippen molar-refractivity contribution in [2.75, 3.05) is 32.6 Å². The molecule has 27 heavy (non-hydrogen) atoms. The zero-order valence-electron chi connectivity index (χ0n) is 17.1. The minimum atomic E-state index is -0.458. The molecule has 6 nitrogen and oxygen atoms in total. The second-order valence-corrected chi connectivity index (χ2v) is 6.92. The minimum absolute atomic E-state index is 0.232. The Balaban J connectivity index is 1.91. The topological polar surface area (TPSA) is 54.8 Å². The van der Waals surface area contributed by atoms with Crippen LogP contribution < -0.4 is 4.90 Å². The number of nitrogens with zero attached hydrogens (tertiary/aromatic N) is 3. The Hall–Kier alpha value is -2.76. The molecule has 0 radical (unpaired) electrons. The summed E-state index contributed by atoms with van der Waals surface area (Å²) in [6.07, 6.45) is 0.